The van der Waals surface area contributed by atoms with E-state index in [1.165, 1.54) is 45.6 Å². The van der Waals surface area contributed by atoms with E-state index in [4.69, 9.17) is 18.6 Å². The zero-order chi connectivity index (χ0) is 21.9. The Labute approximate surface area is 168 Å². The number of ether oxygens (including phenoxy) is 3. The normalized spacial score (nSPS) is 11.1. The van der Waals surface area contributed by atoms with Crippen LogP contribution in [0.4, 0.5) is 19.2 Å². The lowest BCUT2D eigenvalue weighted by Gasteiger charge is -2.13. The van der Waals surface area contributed by atoms with Crippen molar-refractivity contribution in [3.8, 4) is 28.7 Å². The van der Waals surface area contributed by atoms with Crippen molar-refractivity contribution < 1.29 is 36.6 Å². The van der Waals surface area contributed by atoms with Crippen LogP contribution in [0.1, 0.15) is 15.9 Å². The molecule has 1 aromatic heterocycles. The number of benzene rings is 2. The van der Waals surface area contributed by atoms with Gasteiger partial charge in [0, 0.05) is 11.1 Å². The molecular weight excluding hydrogens is 407 g/mol. The van der Waals surface area contributed by atoms with Crippen LogP contribution >= 0.6 is 0 Å². The Morgan fingerprint density at radius 1 is 0.967 bits per heavy atom. The first-order valence-electron chi connectivity index (χ1n) is 8.39. The molecule has 2 aromatic carbocycles. The van der Waals surface area contributed by atoms with Crippen molar-refractivity contribution >= 4 is 11.9 Å². The van der Waals surface area contributed by atoms with Gasteiger partial charge in [-0.3, -0.25) is 10.1 Å². The van der Waals surface area contributed by atoms with Gasteiger partial charge in [-0.25, -0.2) is 0 Å². The van der Waals surface area contributed by atoms with Crippen LogP contribution in [-0.2, 0) is 6.18 Å². The number of rotatable bonds is 6. The van der Waals surface area contributed by atoms with Crippen molar-refractivity contribution in [2.75, 3.05) is 26.6 Å². The summed E-state index contributed by atoms with van der Waals surface area (Å²) in [7, 11) is 4.25. The number of anilines is 1. The number of nitrogens with one attached hydrogen (secondary N) is 1. The van der Waals surface area contributed by atoms with Crippen LogP contribution in [0.5, 0.6) is 17.2 Å². The van der Waals surface area contributed by atoms with Crippen molar-refractivity contribution in [3.63, 3.8) is 0 Å². The van der Waals surface area contributed by atoms with Gasteiger partial charge in [0.25, 0.3) is 5.91 Å². The number of carbonyl (C=O) groups is 1. The molecule has 0 saturated carbocycles. The van der Waals surface area contributed by atoms with Crippen LogP contribution in [0.25, 0.3) is 11.5 Å². The molecule has 0 radical (unpaired) electrons. The van der Waals surface area contributed by atoms with E-state index in [1.54, 1.807) is 0 Å². The van der Waals surface area contributed by atoms with Crippen molar-refractivity contribution in [1.29, 1.82) is 0 Å². The van der Waals surface area contributed by atoms with Crippen molar-refractivity contribution in [2.24, 2.45) is 0 Å². The monoisotopic (exact) mass is 423 g/mol. The highest BCUT2D eigenvalue weighted by Crippen LogP contribution is 2.38. The maximum atomic E-state index is 12.7. The smallest absolute Gasteiger partial charge is 0.416 e. The van der Waals surface area contributed by atoms with Gasteiger partial charge in [-0.15, -0.1) is 5.10 Å². The number of hydrogen-bond donors (Lipinski definition) is 1. The van der Waals surface area contributed by atoms with Crippen molar-refractivity contribution in [2.45, 2.75) is 6.18 Å². The number of carbonyl (C=O) groups excluding carboxylic acids is 1. The SMILES string of the molecule is COc1cc(C(=O)Nc2nnc(-c3ccc(C(F)(F)F)cc3)o2)cc(OC)c1OC. The summed E-state index contributed by atoms with van der Waals surface area (Å²) in [6.45, 7) is 0. The molecule has 3 aromatic rings. The van der Waals surface area contributed by atoms with E-state index in [-0.39, 0.29) is 34.5 Å². The Balaban J connectivity index is 1.80. The number of aromatic nitrogens is 2. The molecule has 0 aliphatic carbocycles. The number of nitrogens with zero attached hydrogens (tertiary/aromatic N) is 2. The second-order valence-electron chi connectivity index (χ2n) is 5.86. The maximum Gasteiger partial charge on any atom is 0.416 e. The lowest BCUT2D eigenvalue weighted by atomic mass is 10.1. The Hall–Kier alpha value is -3.76. The third-order valence-corrected chi connectivity index (χ3v) is 4.03. The first kappa shape index (κ1) is 21.0. The fourth-order valence-corrected chi connectivity index (χ4v) is 2.57. The van der Waals surface area contributed by atoms with E-state index in [9.17, 15) is 18.0 Å². The fraction of sp³-hybridized carbons (Fsp3) is 0.211. The van der Waals surface area contributed by atoms with Gasteiger partial charge in [0.2, 0.25) is 11.6 Å². The average molecular weight is 423 g/mol. The molecule has 1 amide bonds. The summed E-state index contributed by atoms with van der Waals surface area (Å²) in [5.74, 6) is 0.218. The molecule has 0 unspecified atom stereocenters. The molecule has 158 valence electrons. The van der Waals surface area contributed by atoms with Crippen LogP contribution in [0.3, 0.4) is 0 Å². The molecule has 0 saturated heterocycles. The number of methoxy groups -OCH3 is 3. The summed E-state index contributed by atoms with van der Waals surface area (Å²) in [6, 6.07) is 6.82. The van der Waals surface area contributed by atoms with Gasteiger partial charge in [-0.1, -0.05) is 5.10 Å². The van der Waals surface area contributed by atoms with E-state index in [2.05, 4.69) is 15.5 Å². The molecule has 0 bridgehead atoms. The molecule has 0 atom stereocenters. The summed E-state index contributed by atoms with van der Waals surface area (Å²) in [5, 5.41) is 9.84. The van der Waals surface area contributed by atoms with Crippen molar-refractivity contribution in [1.82, 2.24) is 10.2 Å². The molecule has 11 heteroatoms. The summed E-state index contributed by atoms with van der Waals surface area (Å²) in [6.07, 6.45) is -4.45. The molecule has 30 heavy (non-hydrogen) atoms. The Kier molecular flexibility index (Phi) is 5.81. The summed E-state index contributed by atoms with van der Waals surface area (Å²) in [5.41, 5.74) is -0.371. The van der Waals surface area contributed by atoms with E-state index in [0.717, 1.165) is 12.1 Å². The third kappa shape index (κ3) is 4.29. The second kappa shape index (κ2) is 8.31. The number of amides is 1. The molecular formula is C19H16F3N3O5. The van der Waals surface area contributed by atoms with Gasteiger partial charge in [0.05, 0.1) is 26.9 Å². The van der Waals surface area contributed by atoms with Crippen LogP contribution < -0.4 is 19.5 Å². The molecule has 0 spiro atoms. The summed E-state index contributed by atoms with van der Waals surface area (Å²) >= 11 is 0. The van der Waals surface area contributed by atoms with E-state index in [0.29, 0.717) is 5.75 Å². The highest BCUT2D eigenvalue weighted by molar-refractivity contribution is 6.04. The Morgan fingerprint density at radius 2 is 1.57 bits per heavy atom. The van der Waals surface area contributed by atoms with Gasteiger partial charge in [-0.05, 0) is 36.4 Å². The minimum absolute atomic E-state index is 0.0519. The molecule has 0 aliphatic heterocycles. The lowest BCUT2D eigenvalue weighted by molar-refractivity contribution is -0.137. The standard InChI is InChI=1S/C19H16F3N3O5/c1-27-13-8-11(9-14(28-2)15(13)29-3)16(26)23-18-25-24-17(30-18)10-4-6-12(7-5-10)19(20,21)22/h4-9H,1-3H3,(H,23,25,26). The highest BCUT2D eigenvalue weighted by atomic mass is 19.4. The predicted molar refractivity (Wildman–Crippen MR) is 98.8 cm³/mol. The second-order valence-corrected chi connectivity index (χ2v) is 5.86. The summed E-state index contributed by atoms with van der Waals surface area (Å²) < 4.78 is 58.9. The van der Waals surface area contributed by atoms with Gasteiger partial charge >= 0.3 is 12.2 Å². The first-order chi connectivity index (χ1) is 14.3. The number of halogens is 3. The largest absolute Gasteiger partial charge is 0.493 e. The van der Waals surface area contributed by atoms with Crippen LogP contribution in [0.2, 0.25) is 0 Å². The first-order valence-corrected chi connectivity index (χ1v) is 8.39. The Morgan fingerprint density at radius 3 is 2.07 bits per heavy atom. The molecule has 0 fully saturated rings. The molecule has 0 aliphatic rings. The van der Waals surface area contributed by atoms with Crippen LogP contribution in [0.15, 0.2) is 40.8 Å². The van der Waals surface area contributed by atoms with Crippen LogP contribution in [-0.4, -0.2) is 37.4 Å². The molecule has 1 heterocycles. The van der Waals surface area contributed by atoms with Gasteiger partial charge in [-0.2, -0.15) is 13.2 Å². The van der Waals surface area contributed by atoms with Gasteiger partial charge in [0.15, 0.2) is 11.5 Å². The average Bonchev–Trinajstić information content (AvgIpc) is 3.20. The molecule has 1 N–H and O–H groups in total. The zero-order valence-corrected chi connectivity index (χ0v) is 16.0. The maximum absolute atomic E-state index is 12.7. The van der Waals surface area contributed by atoms with Gasteiger partial charge in [0.1, 0.15) is 0 Å². The molecule has 8 nitrogen and oxygen atoms in total. The lowest BCUT2D eigenvalue weighted by Crippen LogP contribution is -2.13. The van der Waals surface area contributed by atoms with Gasteiger partial charge < -0.3 is 18.6 Å². The van der Waals surface area contributed by atoms with Crippen molar-refractivity contribution in [3.05, 3.63) is 47.5 Å². The Bertz CT molecular complexity index is 1020. The fourth-order valence-electron chi connectivity index (χ4n) is 2.57. The number of hydrogen-bond acceptors (Lipinski definition) is 7. The topological polar surface area (TPSA) is 95.7 Å². The molecule has 3 rings (SSSR count). The predicted octanol–water partition coefficient (Wildman–Crippen LogP) is 4.03. The van der Waals surface area contributed by atoms with E-state index in [1.807, 2.05) is 0 Å². The third-order valence-electron chi connectivity index (χ3n) is 4.03. The van der Waals surface area contributed by atoms with E-state index >= 15 is 0 Å². The minimum Gasteiger partial charge on any atom is -0.493 e. The zero-order valence-electron chi connectivity index (χ0n) is 16.0. The van der Waals surface area contributed by atoms with Crippen LogP contribution in [0, 0.1) is 0 Å². The number of alkyl halides is 3. The quantitative estimate of drug-likeness (QED) is 0.639. The summed E-state index contributed by atoms with van der Waals surface area (Å²) in [4.78, 5) is 12.5. The minimum atomic E-state index is -4.45. The van der Waals surface area contributed by atoms with E-state index < -0.39 is 17.6 Å². The highest BCUT2D eigenvalue weighted by Gasteiger charge is 2.30.